The van der Waals surface area contributed by atoms with Crippen LogP contribution >= 0.6 is 0 Å². The van der Waals surface area contributed by atoms with E-state index in [1.807, 2.05) is 6.92 Å². The van der Waals surface area contributed by atoms with Crippen LogP contribution in [0.2, 0.25) is 0 Å². The Labute approximate surface area is 127 Å². The van der Waals surface area contributed by atoms with Crippen LogP contribution in [0.25, 0.3) is 0 Å². The standard InChI is InChI=1S/C16H30N2O3/c1-12-4-3-5-14(10-12)8-9-17-16(21)18-11-13(2)6-7-15(19)20/h12-14H,3-11H2,1-2H3,(H,19,20)(H2,17,18,21). The summed E-state index contributed by atoms with van der Waals surface area (Å²) in [6.45, 7) is 5.52. The molecule has 2 amide bonds. The lowest BCUT2D eigenvalue weighted by molar-refractivity contribution is -0.137. The van der Waals surface area contributed by atoms with E-state index in [0.717, 1.165) is 24.8 Å². The summed E-state index contributed by atoms with van der Waals surface area (Å²) in [5.74, 6) is 0.982. The predicted octanol–water partition coefficient (Wildman–Crippen LogP) is 3.00. The first kappa shape index (κ1) is 17.8. The highest BCUT2D eigenvalue weighted by molar-refractivity contribution is 5.73. The Morgan fingerprint density at radius 3 is 2.71 bits per heavy atom. The van der Waals surface area contributed by atoms with Gasteiger partial charge in [-0.05, 0) is 37.0 Å². The fourth-order valence-corrected chi connectivity index (χ4v) is 3.01. The highest BCUT2D eigenvalue weighted by Crippen LogP contribution is 2.30. The van der Waals surface area contributed by atoms with Gasteiger partial charge in [-0.15, -0.1) is 0 Å². The molecule has 5 nitrogen and oxygen atoms in total. The molecule has 1 aliphatic rings. The van der Waals surface area contributed by atoms with Gasteiger partial charge < -0.3 is 15.7 Å². The normalized spacial score (nSPS) is 23.3. The number of nitrogens with one attached hydrogen (secondary N) is 2. The van der Waals surface area contributed by atoms with Gasteiger partial charge in [0.1, 0.15) is 0 Å². The molecule has 0 spiro atoms. The number of carbonyl (C=O) groups excluding carboxylic acids is 1. The molecule has 1 saturated carbocycles. The van der Waals surface area contributed by atoms with Crippen molar-refractivity contribution in [3.63, 3.8) is 0 Å². The van der Waals surface area contributed by atoms with E-state index in [1.165, 1.54) is 25.7 Å². The van der Waals surface area contributed by atoms with Gasteiger partial charge in [-0.3, -0.25) is 4.79 Å². The maximum atomic E-state index is 11.7. The van der Waals surface area contributed by atoms with Crippen molar-refractivity contribution in [1.29, 1.82) is 0 Å². The number of carboxylic acids is 1. The van der Waals surface area contributed by atoms with E-state index < -0.39 is 5.97 Å². The van der Waals surface area contributed by atoms with Gasteiger partial charge >= 0.3 is 12.0 Å². The molecule has 0 radical (unpaired) electrons. The lowest BCUT2D eigenvalue weighted by Crippen LogP contribution is -2.38. The molecule has 0 aromatic carbocycles. The molecule has 0 aromatic rings. The minimum absolute atomic E-state index is 0.138. The molecule has 0 aromatic heterocycles. The third-order valence-corrected chi connectivity index (χ3v) is 4.35. The average Bonchev–Trinajstić information content (AvgIpc) is 2.43. The monoisotopic (exact) mass is 298 g/mol. The molecule has 5 heteroatoms. The van der Waals surface area contributed by atoms with Crippen molar-refractivity contribution in [3.05, 3.63) is 0 Å². The number of aliphatic carboxylic acids is 1. The first-order chi connectivity index (χ1) is 9.97. The molecule has 0 saturated heterocycles. The van der Waals surface area contributed by atoms with E-state index in [2.05, 4.69) is 17.6 Å². The zero-order valence-electron chi connectivity index (χ0n) is 13.4. The van der Waals surface area contributed by atoms with E-state index in [1.54, 1.807) is 0 Å². The summed E-state index contributed by atoms with van der Waals surface area (Å²) < 4.78 is 0. The predicted molar refractivity (Wildman–Crippen MR) is 83.2 cm³/mol. The first-order valence-electron chi connectivity index (χ1n) is 8.20. The van der Waals surface area contributed by atoms with Gasteiger partial charge in [0.2, 0.25) is 0 Å². The van der Waals surface area contributed by atoms with E-state index >= 15 is 0 Å². The van der Waals surface area contributed by atoms with Crippen LogP contribution in [0.15, 0.2) is 0 Å². The number of carbonyl (C=O) groups is 2. The average molecular weight is 298 g/mol. The van der Waals surface area contributed by atoms with Crippen LogP contribution in [0.1, 0.15) is 58.8 Å². The molecule has 21 heavy (non-hydrogen) atoms. The molecular formula is C16H30N2O3. The minimum atomic E-state index is -0.784. The van der Waals surface area contributed by atoms with Crippen molar-refractivity contribution in [3.8, 4) is 0 Å². The van der Waals surface area contributed by atoms with Gasteiger partial charge in [-0.2, -0.15) is 0 Å². The molecule has 122 valence electrons. The van der Waals surface area contributed by atoms with Crippen LogP contribution in [0.4, 0.5) is 4.79 Å². The Morgan fingerprint density at radius 1 is 1.29 bits per heavy atom. The molecule has 1 aliphatic carbocycles. The molecule has 0 heterocycles. The second kappa shape index (κ2) is 9.64. The fourth-order valence-electron chi connectivity index (χ4n) is 3.01. The Balaban J connectivity index is 2.04. The highest BCUT2D eigenvalue weighted by atomic mass is 16.4. The zero-order chi connectivity index (χ0) is 15.7. The summed E-state index contributed by atoms with van der Waals surface area (Å²) in [5.41, 5.74) is 0. The molecule has 1 fully saturated rings. The largest absolute Gasteiger partial charge is 0.481 e. The van der Waals surface area contributed by atoms with Crippen molar-refractivity contribution < 1.29 is 14.7 Å². The molecule has 1 rings (SSSR count). The second-order valence-corrected chi connectivity index (χ2v) is 6.60. The molecule has 3 atom stereocenters. The quantitative estimate of drug-likeness (QED) is 0.644. The van der Waals surface area contributed by atoms with Gasteiger partial charge in [0.15, 0.2) is 0 Å². The van der Waals surface area contributed by atoms with Crippen LogP contribution in [0.5, 0.6) is 0 Å². The molecular weight excluding hydrogens is 268 g/mol. The third kappa shape index (κ3) is 8.58. The van der Waals surface area contributed by atoms with Gasteiger partial charge in [0.05, 0.1) is 0 Å². The Bertz CT molecular complexity index is 333. The lowest BCUT2D eigenvalue weighted by Gasteiger charge is -2.26. The number of amides is 2. The van der Waals surface area contributed by atoms with Gasteiger partial charge in [0, 0.05) is 19.5 Å². The van der Waals surface area contributed by atoms with Gasteiger partial charge in [-0.1, -0.05) is 33.1 Å². The van der Waals surface area contributed by atoms with Crippen LogP contribution in [0.3, 0.4) is 0 Å². The fraction of sp³-hybridized carbons (Fsp3) is 0.875. The van der Waals surface area contributed by atoms with Gasteiger partial charge in [0.25, 0.3) is 0 Å². The SMILES string of the molecule is CC(CCC(=O)O)CNC(=O)NCCC1CCCC(C)C1. The van der Waals surface area contributed by atoms with E-state index in [9.17, 15) is 9.59 Å². The Kier molecular flexibility index (Phi) is 8.16. The van der Waals surface area contributed by atoms with Crippen molar-refractivity contribution >= 4 is 12.0 Å². The van der Waals surface area contributed by atoms with Crippen molar-refractivity contribution in [2.75, 3.05) is 13.1 Å². The zero-order valence-corrected chi connectivity index (χ0v) is 13.4. The number of rotatable bonds is 8. The van der Waals surface area contributed by atoms with E-state index in [-0.39, 0.29) is 18.4 Å². The second-order valence-electron chi connectivity index (χ2n) is 6.60. The Hall–Kier alpha value is -1.26. The topological polar surface area (TPSA) is 78.4 Å². The highest BCUT2D eigenvalue weighted by Gasteiger charge is 2.18. The van der Waals surface area contributed by atoms with Crippen LogP contribution in [-0.4, -0.2) is 30.2 Å². The summed E-state index contributed by atoms with van der Waals surface area (Å²) >= 11 is 0. The third-order valence-electron chi connectivity index (χ3n) is 4.35. The molecule has 0 bridgehead atoms. The van der Waals surface area contributed by atoms with E-state index in [0.29, 0.717) is 13.0 Å². The summed E-state index contributed by atoms with van der Waals surface area (Å²) in [5, 5.41) is 14.3. The van der Waals surface area contributed by atoms with Crippen LogP contribution < -0.4 is 10.6 Å². The lowest BCUT2D eigenvalue weighted by atomic mass is 9.81. The molecule has 0 aliphatic heterocycles. The maximum Gasteiger partial charge on any atom is 0.314 e. The number of urea groups is 1. The first-order valence-corrected chi connectivity index (χ1v) is 8.20. The Morgan fingerprint density at radius 2 is 2.05 bits per heavy atom. The van der Waals surface area contributed by atoms with Crippen molar-refractivity contribution in [2.45, 2.75) is 58.8 Å². The summed E-state index contributed by atoms with van der Waals surface area (Å²) in [7, 11) is 0. The smallest absolute Gasteiger partial charge is 0.314 e. The minimum Gasteiger partial charge on any atom is -0.481 e. The number of carboxylic acid groups (broad SMARTS) is 1. The number of hydrogen-bond donors (Lipinski definition) is 3. The van der Waals surface area contributed by atoms with Crippen LogP contribution in [-0.2, 0) is 4.79 Å². The van der Waals surface area contributed by atoms with Crippen molar-refractivity contribution in [1.82, 2.24) is 10.6 Å². The van der Waals surface area contributed by atoms with Gasteiger partial charge in [-0.25, -0.2) is 4.79 Å². The van der Waals surface area contributed by atoms with Crippen LogP contribution in [0, 0.1) is 17.8 Å². The summed E-state index contributed by atoms with van der Waals surface area (Å²) in [6.07, 6.45) is 7.05. The number of hydrogen-bond acceptors (Lipinski definition) is 2. The molecule has 3 N–H and O–H groups in total. The van der Waals surface area contributed by atoms with Crippen molar-refractivity contribution in [2.24, 2.45) is 17.8 Å². The summed E-state index contributed by atoms with van der Waals surface area (Å²) in [4.78, 5) is 22.1. The van der Waals surface area contributed by atoms with E-state index in [4.69, 9.17) is 5.11 Å². The molecule has 3 unspecified atom stereocenters. The maximum absolute atomic E-state index is 11.7. The summed E-state index contributed by atoms with van der Waals surface area (Å²) in [6, 6.07) is -0.138.